The molecule has 0 N–H and O–H groups in total. The summed E-state index contributed by atoms with van der Waals surface area (Å²) < 4.78 is 33.4. The number of aryl methyl sites for hydroxylation is 1. The summed E-state index contributed by atoms with van der Waals surface area (Å²) in [6.45, 7) is 0.539. The van der Waals surface area contributed by atoms with Crippen LogP contribution >= 0.6 is 11.3 Å². The Labute approximate surface area is 202 Å². The summed E-state index contributed by atoms with van der Waals surface area (Å²) in [6, 6.07) is 23.3. The third-order valence-corrected chi connectivity index (χ3v) is 8.51. The minimum atomic E-state index is -3.72. The van der Waals surface area contributed by atoms with E-state index in [1.807, 2.05) is 54.6 Å². The SMILES string of the molecule is O=C(OCc1cnc(-c2ccccc2)s1)c1ccc(S(=O)(=O)N2CCCc3ccccc32)cc1. The van der Waals surface area contributed by atoms with Crippen LogP contribution in [-0.4, -0.2) is 25.9 Å². The number of carbonyl (C=O) groups is 1. The molecule has 1 aromatic heterocycles. The number of anilines is 1. The molecule has 0 atom stereocenters. The number of para-hydroxylation sites is 1. The minimum absolute atomic E-state index is 0.105. The van der Waals surface area contributed by atoms with Gasteiger partial charge in [-0.25, -0.2) is 18.2 Å². The lowest BCUT2D eigenvalue weighted by atomic mass is 10.0. The number of hydrogen-bond donors (Lipinski definition) is 0. The summed E-state index contributed by atoms with van der Waals surface area (Å²) in [5, 5.41) is 0.862. The summed E-state index contributed by atoms with van der Waals surface area (Å²) in [4.78, 5) is 17.9. The molecule has 1 aliphatic heterocycles. The van der Waals surface area contributed by atoms with Crippen molar-refractivity contribution >= 4 is 33.0 Å². The Balaban J connectivity index is 1.26. The fraction of sp³-hybridized carbons (Fsp3) is 0.154. The van der Waals surface area contributed by atoms with Crippen LogP contribution in [0.25, 0.3) is 10.6 Å². The highest BCUT2D eigenvalue weighted by Gasteiger charge is 2.29. The van der Waals surface area contributed by atoms with Gasteiger partial charge >= 0.3 is 5.97 Å². The summed E-state index contributed by atoms with van der Waals surface area (Å²) in [5.74, 6) is -0.512. The first-order valence-electron chi connectivity index (χ1n) is 10.9. The van der Waals surface area contributed by atoms with Gasteiger partial charge in [0.15, 0.2) is 0 Å². The molecule has 2 heterocycles. The third-order valence-electron chi connectivity index (χ3n) is 5.67. The maximum Gasteiger partial charge on any atom is 0.338 e. The van der Waals surface area contributed by atoms with Crippen LogP contribution < -0.4 is 4.31 Å². The zero-order valence-corrected chi connectivity index (χ0v) is 19.9. The van der Waals surface area contributed by atoms with Crippen LogP contribution in [0.15, 0.2) is 90.0 Å². The van der Waals surface area contributed by atoms with Crippen LogP contribution in [0.3, 0.4) is 0 Å². The van der Waals surface area contributed by atoms with Gasteiger partial charge in [-0.05, 0) is 48.7 Å². The lowest BCUT2D eigenvalue weighted by molar-refractivity contribution is 0.0476. The average molecular weight is 491 g/mol. The highest BCUT2D eigenvalue weighted by Crippen LogP contribution is 2.32. The van der Waals surface area contributed by atoms with Gasteiger partial charge in [0, 0.05) is 18.3 Å². The van der Waals surface area contributed by atoms with Crippen LogP contribution in [0, 0.1) is 0 Å². The zero-order valence-electron chi connectivity index (χ0n) is 18.3. The van der Waals surface area contributed by atoms with Crippen molar-refractivity contribution in [3.05, 3.63) is 101 Å². The van der Waals surface area contributed by atoms with Gasteiger partial charge in [0.05, 0.1) is 21.0 Å². The summed E-state index contributed by atoms with van der Waals surface area (Å²) in [5.41, 5.74) is 3.05. The van der Waals surface area contributed by atoms with Crippen molar-refractivity contribution in [3.8, 4) is 10.6 Å². The zero-order chi connectivity index (χ0) is 23.5. The monoisotopic (exact) mass is 490 g/mol. The molecule has 0 saturated heterocycles. The minimum Gasteiger partial charge on any atom is -0.456 e. The molecular weight excluding hydrogens is 468 g/mol. The molecule has 0 amide bonds. The van der Waals surface area contributed by atoms with Crippen LogP contribution in [0.4, 0.5) is 5.69 Å². The molecule has 8 heteroatoms. The fourth-order valence-electron chi connectivity index (χ4n) is 3.95. The highest BCUT2D eigenvalue weighted by molar-refractivity contribution is 7.92. The molecule has 5 rings (SSSR count). The number of ether oxygens (including phenoxy) is 1. The molecule has 172 valence electrons. The normalized spacial score (nSPS) is 13.4. The van der Waals surface area contributed by atoms with Crippen LogP contribution in [-0.2, 0) is 27.8 Å². The van der Waals surface area contributed by atoms with Crippen molar-refractivity contribution in [2.24, 2.45) is 0 Å². The fourth-order valence-corrected chi connectivity index (χ4v) is 6.32. The average Bonchev–Trinajstić information content (AvgIpc) is 3.37. The predicted molar refractivity (Wildman–Crippen MR) is 132 cm³/mol. The number of fused-ring (bicyclic) bond motifs is 1. The molecule has 0 bridgehead atoms. The Kier molecular flexibility index (Phi) is 6.17. The number of benzene rings is 3. The van der Waals surface area contributed by atoms with Crippen molar-refractivity contribution in [1.29, 1.82) is 0 Å². The molecular formula is C26H22N2O4S2. The van der Waals surface area contributed by atoms with E-state index in [-0.39, 0.29) is 11.5 Å². The van der Waals surface area contributed by atoms with E-state index in [0.717, 1.165) is 39.5 Å². The number of rotatable bonds is 6. The molecule has 0 spiro atoms. The van der Waals surface area contributed by atoms with E-state index in [1.165, 1.54) is 39.9 Å². The molecule has 3 aromatic carbocycles. The van der Waals surface area contributed by atoms with E-state index in [0.29, 0.717) is 12.1 Å². The Hall–Kier alpha value is -3.49. The second-order valence-electron chi connectivity index (χ2n) is 7.91. The molecule has 34 heavy (non-hydrogen) atoms. The number of sulfonamides is 1. The van der Waals surface area contributed by atoms with Crippen molar-refractivity contribution < 1.29 is 17.9 Å². The number of hydrogen-bond acceptors (Lipinski definition) is 6. The van der Waals surface area contributed by atoms with E-state index < -0.39 is 16.0 Å². The van der Waals surface area contributed by atoms with Crippen molar-refractivity contribution in [2.45, 2.75) is 24.3 Å². The molecule has 0 fully saturated rings. The quantitative estimate of drug-likeness (QED) is 0.343. The van der Waals surface area contributed by atoms with E-state index in [4.69, 9.17) is 4.74 Å². The van der Waals surface area contributed by atoms with Crippen LogP contribution in [0.2, 0.25) is 0 Å². The molecule has 4 aromatic rings. The third kappa shape index (κ3) is 4.47. The first kappa shape index (κ1) is 22.3. The Morgan fingerprint density at radius 2 is 1.71 bits per heavy atom. The molecule has 0 aliphatic carbocycles. The van der Waals surface area contributed by atoms with Gasteiger partial charge in [0.25, 0.3) is 10.0 Å². The lowest BCUT2D eigenvalue weighted by Crippen LogP contribution is -2.35. The van der Waals surface area contributed by atoms with Gasteiger partial charge in [-0.1, -0.05) is 48.5 Å². The Morgan fingerprint density at radius 3 is 2.50 bits per heavy atom. The highest BCUT2D eigenvalue weighted by atomic mass is 32.2. The number of carbonyl (C=O) groups excluding carboxylic acids is 1. The van der Waals surface area contributed by atoms with E-state index in [2.05, 4.69) is 4.98 Å². The summed E-state index contributed by atoms with van der Waals surface area (Å²) in [6.07, 6.45) is 3.33. The van der Waals surface area contributed by atoms with E-state index in [1.54, 1.807) is 6.20 Å². The predicted octanol–water partition coefficient (Wildman–Crippen LogP) is 5.31. The second kappa shape index (κ2) is 9.40. The van der Waals surface area contributed by atoms with Crippen LogP contribution in [0.5, 0.6) is 0 Å². The van der Waals surface area contributed by atoms with Gasteiger partial charge in [-0.3, -0.25) is 4.31 Å². The standard InChI is InChI=1S/C26H22N2O4S2/c29-26(32-18-22-17-27-25(33-22)20-8-2-1-3-9-20)21-12-14-23(15-13-21)34(30,31)28-16-6-10-19-7-4-5-11-24(19)28/h1-5,7-9,11-15,17H,6,10,16,18H2. The maximum atomic E-state index is 13.3. The molecule has 0 unspecified atom stereocenters. The number of nitrogens with zero attached hydrogens (tertiary/aromatic N) is 2. The number of esters is 1. The first-order chi connectivity index (χ1) is 16.5. The largest absolute Gasteiger partial charge is 0.456 e. The number of thiazole rings is 1. The maximum absolute atomic E-state index is 13.3. The van der Waals surface area contributed by atoms with E-state index in [9.17, 15) is 13.2 Å². The molecule has 6 nitrogen and oxygen atoms in total. The first-order valence-corrected chi connectivity index (χ1v) is 13.2. The summed E-state index contributed by atoms with van der Waals surface area (Å²) in [7, 11) is -3.72. The Bertz CT molecular complexity index is 1410. The lowest BCUT2D eigenvalue weighted by Gasteiger charge is -2.30. The van der Waals surface area contributed by atoms with Gasteiger partial charge < -0.3 is 4.74 Å². The number of aromatic nitrogens is 1. The van der Waals surface area contributed by atoms with Gasteiger partial charge in [0.1, 0.15) is 11.6 Å². The molecule has 0 saturated carbocycles. The molecule has 0 radical (unpaired) electrons. The van der Waals surface area contributed by atoms with Gasteiger partial charge in [-0.15, -0.1) is 11.3 Å². The van der Waals surface area contributed by atoms with Gasteiger partial charge in [0.2, 0.25) is 0 Å². The smallest absolute Gasteiger partial charge is 0.338 e. The topological polar surface area (TPSA) is 76.6 Å². The van der Waals surface area contributed by atoms with Gasteiger partial charge in [-0.2, -0.15) is 0 Å². The molecule has 1 aliphatic rings. The van der Waals surface area contributed by atoms with E-state index >= 15 is 0 Å². The summed E-state index contributed by atoms with van der Waals surface area (Å²) >= 11 is 1.47. The Morgan fingerprint density at radius 1 is 0.971 bits per heavy atom. The van der Waals surface area contributed by atoms with Crippen molar-refractivity contribution in [1.82, 2.24) is 4.98 Å². The second-order valence-corrected chi connectivity index (χ2v) is 10.9. The van der Waals surface area contributed by atoms with Crippen molar-refractivity contribution in [2.75, 3.05) is 10.8 Å². The van der Waals surface area contributed by atoms with Crippen LogP contribution in [0.1, 0.15) is 27.2 Å². The van der Waals surface area contributed by atoms with Crippen molar-refractivity contribution in [3.63, 3.8) is 0 Å².